The molecule has 2 heterocycles. The number of nitrogens with zero attached hydrogens (tertiary/aromatic N) is 2. The Bertz CT molecular complexity index is 2940. The number of hydrogen-bond donors (Lipinski definition) is 0. The minimum Gasteiger partial charge on any atom is -0.441 e. The summed E-state index contributed by atoms with van der Waals surface area (Å²) in [5, 5.41) is 0. The molecule has 0 radical (unpaired) electrons. The number of aliphatic imine (C=N–C) groups is 2. The second-order valence-corrected chi connectivity index (χ2v) is 20.7. The van der Waals surface area contributed by atoms with E-state index in [4.69, 9.17) is 19.5 Å². The summed E-state index contributed by atoms with van der Waals surface area (Å²) < 4.78 is 15.3. The third-order valence-electron chi connectivity index (χ3n) is 14.3. The van der Waals surface area contributed by atoms with E-state index in [-0.39, 0.29) is 11.6 Å². The summed E-state index contributed by atoms with van der Waals surface area (Å²) in [5.41, 5.74) is 12.7. The molecule has 8 heteroatoms. The van der Waals surface area contributed by atoms with Crippen molar-refractivity contribution in [1.82, 2.24) is 0 Å². The molecule has 0 fully saturated rings. The van der Waals surface area contributed by atoms with Crippen LogP contribution in [0.4, 0.5) is 11.4 Å². The van der Waals surface area contributed by atoms with Gasteiger partial charge >= 0.3 is 0 Å². The van der Waals surface area contributed by atoms with Crippen molar-refractivity contribution in [2.75, 3.05) is 0 Å². The summed E-state index contributed by atoms with van der Waals surface area (Å²) in [4.78, 5) is 37.2. The predicted molar refractivity (Wildman–Crippen MR) is 292 cm³/mol. The lowest BCUT2D eigenvalue weighted by Crippen LogP contribution is -2.33. The molecule has 0 N–H and O–H groups in total. The highest BCUT2D eigenvalue weighted by Crippen LogP contribution is 2.54. The maximum absolute atomic E-state index is 13.4. The van der Waals surface area contributed by atoms with Crippen LogP contribution in [0.5, 0.6) is 0 Å². The number of aryl methyl sites for hydroxylation is 4. The molecular weight excluding hydrogens is 996 g/mol. The van der Waals surface area contributed by atoms with E-state index in [9.17, 15) is 9.59 Å². The highest BCUT2D eigenvalue weighted by atomic mass is 79.9. The molecule has 6 nitrogen and oxygen atoms in total. The molecule has 4 aliphatic rings. The van der Waals surface area contributed by atoms with Gasteiger partial charge in [0.05, 0.1) is 22.2 Å². The first-order valence-electron chi connectivity index (χ1n) is 24.0. The van der Waals surface area contributed by atoms with Crippen molar-refractivity contribution < 1.29 is 19.1 Å². The molecule has 6 aromatic rings. The van der Waals surface area contributed by atoms with E-state index in [1.54, 1.807) is 0 Å². The molecule has 0 saturated heterocycles. The Kier molecular flexibility index (Phi) is 14.2. The Morgan fingerprint density at radius 2 is 0.786 bits per heavy atom. The van der Waals surface area contributed by atoms with Gasteiger partial charge in [-0.1, -0.05) is 165 Å². The van der Waals surface area contributed by atoms with E-state index in [0.717, 1.165) is 124 Å². The van der Waals surface area contributed by atoms with Crippen LogP contribution in [-0.4, -0.2) is 23.4 Å². The zero-order chi connectivity index (χ0) is 49.2. The number of allylic oxidation sites excluding steroid dienone is 4. The van der Waals surface area contributed by atoms with Crippen LogP contribution >= 0.6 is 31.9 Å². The van der Waals surface area contributed by atoms with Crippen molar-refractivity contribution in [2.45, 2.75) is 80.1 Å². The summed E-state index contributed by atoms with van der Waals surface area (Å²) in [6.45, 7) is 12.6. The average molecular weight is 1050 g/mol. The Morgan fingerprint density at radius 1 is 0.471 bits per heavy atom. The van der Waals surface area contributed by atoms with Crippen LogP contribution in [0.2, 0.25) is 0 Å². The van der Waals surface area contributed by atoms with Crippen molar-refractivity contribution in [2.24, 2.45) is 20.8 Å². The van der Waals surface area contributed by atoms with Crippen LogP contribution in [0.1, 0.15) is 106 Å². The van der Waals surface area contributed by atoms with E-state index in [0.29, 0.717) is 24.6 Å². The number of rotatable bonds is 8. The molecule has 6 aromatic carbocycles. The smallest absolute Gasteiger partial charge is 0.206 e. The average Bonchev–Trinajstić information content (AvgIpc) is 3.78. The third-order valence-corrected chi connectivity index (χ3v) is 15.2. The number of ketones is 2. The summed E-state index contributed by atoms with van der Waals surface area (Å²) in [6, 6.07) is 47.8. The van der Waals surface area contributed by atoms with Gasteiger partial charge in [0, 0.05) is 31.2 Å². The van der Waals surface area contributed by atoms with Crippen LogP contribution in [0, 0.1) is 38.5 Å². The van der Waals surface area contributed by atoms with Gasteiger partial charge in [0.25, 0.3) is 0 Å². The van der Waals surface area contributed by atoms with Crippen molar-refractivity contribution in [3.05, 3.63) is 233 Å². The fourth-order valence-electron chi connectivity index (χ4n) is 10.5. The third kappa shape index (κ3) is 9.56. The second kappa shape index (κ2) is 20.5. The van der Waals surface area contributed by atoms with Gasteiger partial charge in [-0.15, -0.1) is 0 Å². The minimum atomic E-state index is -0.453. The largest absolute Gasteiger partial charge is 0.441 e. The SMILES string of the molecule is CC1=C(c2ccccc2)OC(=Nc2c(C)cc(Br)cc2C)[C@]12CCC=C(C(=O)c1ccccc1)C2.CC1=C(c2ccccc2)OC(=Nc2c(C)cc(Br)cc2C)[C@]12CCC=C(C(=O)c1ccccc1)C2. The monoisotopic (exact) mass is 1050 g/mol. The molecule has 352 valence electrons. The number of carbonyl (C=O) groups is 2. The Hall–Kier alpha value is -6.48. The predicted octanol–water partition coefficient (Wildman–Crippen LogP) is 17.1. The summed E-state index contributed by atoms with van der Waals surface area (Å²) >= 11 is 7.19. The number of carbonyl (C=O) groups excluding carboxylic acids is 2. The number of Topliss-reactive ketones (excluding diaryl/α,β-unsaturated/α-hetero) is 2. The van der Waals surface area contributed by atoms with Crippen molar-refractivity contribution >= 4 is 78.1 Å². The quantitative estimate of drug-likeness (QED) is 0.142. The lowest BCUT2D eigenvalue weighted by molar-refractivity contribution is 0.101. The second-order valence-electron chi connectivity index (χ2n) is 18.9. The van der Waals surface area contributed by atoms with Gasteiger partial charge in [-0.25, -0.2) is 9.98 Å². The van der Waals surface area contributed by atoms with Crippen LogP contribution in [0.25, 0.3) is 11.5 Å². The summed E-state index contributed by atoms with van der Waals surface area (Å²) in [7, 11) is 0. The molecule has 0 unspecified atom stereocenters. The number of benzene rings is 6. The standard InChI is InChI=1S/2C31H28BrNO2/c2*1-20-17-26(32)18-21(2)27(20)33-30-31(22(3)29(35-30)24-13-8-5-9-14-24)16-10-15-25(19-31)28(34)23-11-6-4-7-12-23/h2*4-9,11-15,17-18H,10,16,19H2,1-3H3/t2*31-/m00/s1. The van der Waals surface area contributed by atoms with Crippen molar-refractivity contribution in [3.63, 3.8) is 0 Å². The molecular formula is C62H56Br2N2O4. The Labute approximate surface area is 429 Å². The first-order valence-corrected chi connectivity index (χ1v) is 25.6. The molecule has 2 aliphatic heterocycles. The summed E-state index contributed by atoms with van der Waals surface area (Å²) in [5.74, 6) is 3.25. The lowest BCUT2D eigenvalue weighted by atomic mass is 9.68. The van der Waals surface area contributed by atoms with Crippen LogP contribution in [0.15, 0.2) is 199 Å². The van der Waals surface area contributed by atoms with Gasteiger partial charge in [0.15, 0.2) is 11.6 Å². The minimum absolute atomic E-state index is 0.0842. The van der Waals surface area contributed by atoms with E-state index in [1.807, 2.05) is 97.1 Å². The number of halogens is 2. The normalized spacial score (nSPS) is 20.8. The van der Waals surface area contributed by atoms with E-state index in [2.05, 4.69) is 134 Å². The molecule has 0 aromatic heterocycles. The molecule has 2 atom stereocenters. The molecule has 2 spiro atoms. The molecule has 0 amide bonds. The van der Waals surface area contributed by atoms with E-state index in [1.165, 1.54) is 0 Å². The highest BCUT2D eigenvalue weighted by Gasteiger charge is 2.50. The van der Waals surface area contributed by atoms with Crippen molar-refractivity contribution in [3.8, 4) is 0 Å². The van der Waals surface area contributed by atoms with Gasteiger partial charge in [-0.3, -0.25) is 9.59 Å². The van der Waals surface area contributed by atoms with Gasteiger partial charge in [0.2, 0.25) is 11.8 Å². The van der Waals surface area contributed by atoms with E-state index >= 15 is 0 Å². The zero-order valence-corrected chi connectivity index (χ0v) is 43.7. The van der Waals surface area contributed by atoms with Gasteiger partial charge in [-0.2, -0.15) is 0 Å². The highest BCUT2D eigenvalue weighted by molar-refractivity contribution is 9.10. The lowest BCUT2D eigenvalue weighted by Gasteiger charge is -2.33. The van der Waals surface area contributed by atoms with Crippen molar-refractivity contribution in [1.29, 1.82) is 0 Å². The molecule has 2 aliphatic carbocycles. The molecule has 0 saturated carbocycles. The van der Waals surface area contributed by atoms with Gasteiger partial charge in [0.1, 0.15) is 11.5 Å². The summed E-state index contributed by atoms with van der Waals surface area (Å²) in [6.07, 6.45) is 8.67. The first kappa shape index (κ1) is 48.5. The zero-order valence-electron chi connectivity index (χ0n) is 40.5. The maximum Gasteiger partial charge on any atom is 0.206 e. The first-order chi connectivity index (χ1) is 33.8. The Morgan fingerprint density at radius 3 is 1.11 bits per heavy atom. The van der Waals surface area contributed by atoms with E-state index < -0.39 is 10.8 Å². The molecule has 0 bridgehead atoms. The van der Waals surface area contributed by atoms with Crippen LogP contribution < -0.4 is 0 Å². The van der Waals surface area contributed by atoms with Crippen LogP contribution in [0.3, 0.4) is 0 Å². The molecule has 70 heavy (non-hydrogen) atoms. The fraction of sp³-hybridized carbons (Fsp3) is 0.226. The van der Waals surface area contributed by atoms with Crippen LogP contribution in [-0.2, 0) is 9.47 Å². The van der Waals surface area contributed by atoms with Gasteiger partial charge in [-0.05, 0) is 149 Å². The number of ether oxygens (including phenoxy) is 2. The molecule has 10 rings (SSSR count). The van der Waals surface area contributed by atoms with Gasteiger partial charge < -0.3 is 9.47 Å². The number of hydrogen-bond acceptors (Lipinski definition) is 6. The Balaban J connectivity index is 0.000000174. The maximum atomic E-state index is 13.4. The topological polar surface area (TPSA) is 77.3 Å². The fourth-order valence-corrected chi connectivity index (χ4v) is 11.9.